The van der Waals surface area contributed by atoms with E-state index >= 15 is 0 Å². The summed E-state index contributed by atoms with van der Waals surface area (Å²) in [5, 5.41) is 23.4. The Morgan fingerprint density at radius 2 is 0.519 bits per heavy atom. The number of nitrogens with one attached hydrogen (secondary N) is 1. The number of ether oxygens (including phenoxy) is 1. The summed E-state index contributed by atoms with van der Waals surface area (Å²) in [5.74, 6) is -0.00359. The summed E-state index contributed by atoms with van der Waals surface area (Å²) < 4.78 is 5.52. The Balaban J connectivity index is 3.32. The van der Waals surface area contributed by atoms with Crippen LogP contribution in [0, 0.1) is 0 Å². The number of esters is 1. The second kappa shape index (κ2) is 69.4. The van der Waals surface area contributed by atoms with Crippen LogP contribution < -0.4 is 5.32 Å². The van der Waals surface area contributed by atoms with Gasteiger partial charge in [0.05, 0.1) is 25.4 Å². The van der Waals surface area contributed by atoms with Crippen molar-refractivity contribution in [2.75, 3.05) is 13.2 Å². The van der Waals surface area contributed by atoms with Crippen LogP contribution in [0.5, 0.6) is 0 Å². The molecule has 1 amide bonds. The Morgan fingerprint density at radius 1 is 0.304 bits per heavy atom. The molecule has 0 aromatic heterocycles. The lowest BCUT2D eigenvalue weighted by Gasteiger charge is -2.22. The van der Waals surface area contributed by atoms with Crippen LogP contribution in [0.2, 0.25) is 0 Å². The smallest absolute Gasteiger partial charge is 0.305 e. The van der Waals surface area contributed by atoms with Gasteiger partial charge in [0.2, 0.25) is 5.91 Å². The number of hydrogen-bond acceptors (Lipinski definition) is 5. The largest absolute Gasteiger partial charge is 0.466 e. The van der Waals surface area contributed by atoms with Crippen molar-refractivity contribution in [3.8, 4) is 0 Å². The Kier molecular flexibility index (Phi) is 68.4. The number of rotatable bonds is 70. The molecular formula is C73H145NO5. The van der Waals surface area contributed by atoms with E-state index in [0.717, 1.165) is 38.5 Å². The quantitative estimate of drug-likeness (QED) is 0.0417. The molecule has 6 heteroatoms. The van der Waals surface area contributed by atoms with Crippen molar-refractivity contribution in [2.24, 2.45) is 0 Å². The molecule has 0 fully saturated rings. The van der Waals surface area contributed by atoms with E-state index in [1.54, 1.807) is 0 Å². The van der Waals surface area contributed by atoms with E-state index in [1.165, 1.54) is 360 Å². The van der Waals surface area contributed by atoms with E-state index in [2.05, 4.69) is 19.2 Å². The fourth-order valence-corrected chi connectivity index (χ4v) is 12.1. The molecule has 0 heterocycles. The number of carbonyl (C=O) groups is 2. The standard InChI is InChI=1S/C73H145NO5/c1-3-5-7-9-11-13-15-17-19-21-35-39-43-47-51-55-59-63-67-73(78)79-68-64-60-56-52-48-44-40-36-32-30-28-26-24-22-23-25-27-29-31-34-38-42-46-50-54-58-62-66-72(77)74-70(69-75)71(76)65-61-57-53-49-45-41-37-33-20-18-16-14-12-10-8-6-4-2/h70-71,75-76H,3-69H2,1-2H3,(H,74,77). The molecule has 0 bridgehead atoms. The van der Waals surface area contributed by atoms with Crippen LogP contribution in [0.4, 0.5) is 0 Å². The van der Waals surface area contributed by atoms with Crippen molar-refractivity contribution < 1.29 is 24.5 Å². The normalized spacial score (nSPS) is 12.4. The molecule has 0 aromatic carbocycles. The van der Waals surface area contributed by atoms with E-state index in [-0.39, 0.29) is 18.5 Å². The minimum Gasteiger partial charge on any atom is -0.466 e. The number of unbranched alkanes of at least 4 members (excludes halogenated alkanes) is 59. The molecule has 0 aliphatic carbocycles. The number of aliphatic hydroxyl groups excluding tert-OH is 2. The van der Waals surface area contributed by atoms with Crippen LogP contribution in [0.25, 0.3) is 0 Å². The van der Waals surface area contributed by atoms with Crippen molar-refractivity contribution in [1.29, 1.82) is 0 Å². The van der Waals surface area contributed by atoms with Gasteiger partial charge < -0.3 is 20.3 Å². The first kappa shape index (κ1) is 77.9. The minimum absolute atomic E-state index is 0.0239. The first-order valence-corrected chi connectivity index (χ1v) is 36.8. The van der Waals surface area contributed by atoms with Crippen LogP contribution in [-0.4, -0.2) is 47.4 Å². The van der Waals surface area contributed by atoms with Gasteiger partial charge in [-0.05, 0) is 25.7 Å². The van der Waals surface area contributed by atoms with E-state index in [1.807, 2.05) is 0 Å². The topological polar surface area (TPSA) is 95.9 Å². The van der Waals surface area contributed by atoms with Crippen LogP contribution in [-0.2, 0) is 14.3 Å². The fourth-order valence-electron chi connectivity index (χ4n) is 12.1. The predicted molar refractivity (Wildman–Crippen MR) is 347 cm³/mol. The average molecular weight is 1120 g/mol. The van der Waals surface area contributed by atoms with Crippen molar-refractivity contribution >= 4 is 11.9 Å². The number of carbonyl (C=O) groups excluding carboxylic acids is 2. The van der Waals surface area contributed by atoms with Gasteiger partial charge in [0.1, 0.15) is 0 Å². The maximum Gasteiger partial charge on any atom is 0.305 e. The minimum atomic E-state index is -0.662. The molecule has 0 saturated heterocycles. The zero-order chi connectivity index (χ0) is 57.1. The number of aliphatic hydroxyl groups is 2. The molecule has 3 N–H and O–H groups in total. The van der Waals surface area contributed by atoms with Gasteiger partial charge in [-0.3, -0.25) is 9.59 Å². The van der Waals surface area contributed by atoms with Crippen molar-refractivity contribution in [3.05, 3.63) is 0 Å². The van der Waals surface area contributed by atoms with Gasteiger partial charge in [0.15, 0.2) is 0 Å². The molecule has 0 aromatic rings. The summed E-state index contributed by atoms with van der Waals surface area (Å²) in [4.78, 5) is 24.6. The fraction of sp³-hybridized carbons (Fsp3) is 0.973. The third-order valence-corrected chi connectivity index (χ3v) is 17.7. The summed E-state index contributed by atoms with van der Waals surface area (Å²) in [7, 11) is 0. The molecule has 0 aliphatic heterocycles. The molecule has 79 heavy (non-hydrogen) atoms. The summed E-state index contributed by atoms with van der Waals surface area (Å²) in [6, 6.07) is -0.538. The molecule has 0 aliphatic rings. The summed E-state index contributed by atoms with van der Waals surface area (Å²) in [5.41, 5.74) is 0. The Hall–Kier alpha value is -1.14. The lowest BCUT2D eigenvalue weighted by molar-refractivity contribution is -0.143. The highest BCUT2D eigenvalue weighted by molar-refractivity contribution is 5.76. The molecule has 0 saturated carbocycles. The van der Waals surface area contributed by atoms with Gasteiger partial charge in [-0.1, -0.05) is 393 Å². The van der Waals surface area contributed by atoms with Crippen LogP contribution in [0.3, 0.4) is 0 Å². The van der Waals surface area contributed by atoms with Crippen molar-refractivity contribution in [1.82, 2.24) is 5.32 Å². The second-order valence-corrected chi connectivity index (χ2v) is 25.6. The van der Waals surface area contributed by atoms with Crippen molar-refractivity contribution in [2.45, 2.75) is 443 Å². The summed E-state index contributed by atoms with van der Waals surface area (Å²) in [6.07, 6.45) is 84.5. The third kappa shape index (κ3) is 65.9. The van der Waals surface area contributed by atoms with Gasteiger partial charge in [0, 0.05) is 12.8 Å². The number of amides is 1. The zero-order valence-corrected chi connectivity index (χ0v) is 54.2. The Morgan fingerprint density at radius 3 is 0.772 bits per heavy atom. The first-order valence-electron chi connectivity index (χ1n) is 36.8. The molecule has 0 radical (unpaired) electrons. The first-order chi connectivity index (χ1) is 39.0. The Bertz CT molecular complexity index is 1150. The lowest BCUT2D eigenvalue weighted by Crippen LogP contribution is -2.45. The van der Waals surface area contributed by atoms with Gasteiger partial charge in [-0.25, -0.2) is 0 Å². The maximum absolute atomic E-state index is 12.5. The van der Waals surface area contributed by atoms with Crippen molar-refractivity contribution in [3.63, 3.8) is 0 Å². The highest BCUT2D eigenvalue weighted by Crippen LogP contribution is 2.20. The molecule has 2 atom stereocenters. The monoisotopic (exact) mass is 1120 g/mol. The van der Waals surface area contributed by atoms with E-state index in [0.29, 0.717) is 25.9 Å². The van der Waals surface area contributed by atoms with E-state index in [9.17, 15) is 19.8 Å². The molecular weight excluding hydrogens is 971 g/mol. The Labute approximate surface area is 496 Å². The van der Waals surface area contributed by atoms with E-state index < -0.39 is 12.1 Å². The van der Waals surface area contributed by atoms with Gasteiger partial charge in [-0.15, -0.1) is 0 Å². The molecule has 0 rings (SSSR count). The van der Waals surface area contributed by atoms with Gasteiger partial charge in [-0.2, -0.15) is 0 Å². The summed E-state index contributed by atoms with van der Waals surface area (Å²) >= 11 is 0. The highest BCUT2D eigenvalue weighted by Gasteiger charge is 2.20. The van der Waals surface area contributed by atoms with Crippen LogP contribution in [0.15, 0.2) is 0 Å². The molecule has 472 valence electrons. The molecule has 0 spiro atoms. The van der Waals surface area contributed by atoms with E-state index in [4.69, 9.17) is 4.74 Å². The van der Waals surface area contributed by atoms with Gasteiger partial charge in [0.25, 0.3) is 0 Å². The highest BCUT2D eigenvalue weighted by atomic mass is 16.5. The second-order valence-electron chi connectivity index (χ2n) is 25.6. The SMILES string of the molecule is CCCCCCCCCCCCCCCCCCCCC(=O)OCCCCCCCCCCCCCCCCCCCCCCCCCCCCCC(=O)NC(CO)C(O)CCCCCCCCCCCCCCCCCCC. The van der Waals surface area contributed by atoms with Crippen LogP contribution >= 0.6 is 0 Å². The van der Waals surface area contributed by atoms with Crippen LogP contribution in [0.1, 0.15) is 431 Å². The molecule has 6 nitrogen and oxygen atoms in total. The summed E-state index contributed by atoms with van der Waals surface area (Å²) in [6.45, 7) is 5.01. The zero-order valence-electron chi connectivity index (χ0n) is 54.2. The maximum atomic E-state index is 12.5. The number of hydrogen-bond donors (Lipinski definition) is 3. The average Bonchev–Trinajstić information content (AvgIpc) is 3.45. The van der Waals surface area contributed by atoms with Gasteiger partial charge >= 0.3 is 5.97 Å². The third-order valence-electron chi connectivity index (χ3n) is 17.7. The lowest BCUT2D eigenvalue weighted by atomic mass is 10.0. The predicted octanol–water partition coefficient (Wildman–Crippen LogP) is 23.8. The molecule has 2 unspecified atom stereocenters.